The Bertz CT molecular complexity index is 837. The Morgan fingerprint density at radius 3 is 1.96 bits per heavy atom. The molecule has 0 aliphatic heterocycles. The van der Waals surface area contributed by atoms with Crippen molar-refractivity contribution in [2.75, 3.05) is 15.9 Å². The Kier molecular flexibility index (Phi) is 5.73. The average Bonchev–Trinajstić information content (AvgIpc) is 2.54. The van der Waals surface area contributed by atoms with Gasteiger partial charge < -0.3 is 5.32 Å². The predicted octanol–water partition coefficient (Wildman–Crippen LogP) is 3.15. The molecule has 1 N–H and O–H groups in total. The van der Waals surface area contributed by atoms with Crippen molar-refractivity contribution in [3.8, 4) is 0 Å². The number of nitrogens with zero attached hydrogens (tertiary/aromatic N) is 1. The summed E-state index contributed by atoms with van der Waals surface area (Å²) in [5, 5.41) is 2.57. The van der Waals surface area contributed by atoms with E-state index in [0.717, 1.165) is 22.7 Å². The molecule has 0 saturated heterocycles. The highest BCUT2D eigenvalue weighted by molar-refractivity contribution is 7.92. The number of nitrogens with one attached hydrogen (secondary N) is 1. The van der Waals surface area contributed by atoms with Crippen molar-refractivity contribution in [3.05, 3.63) is 60.2 Å². The molecule has 0 spiro atoms. The van der Waals surface area contributed by atoms with E-state index in [9.17, 15) is 22.0 Å². The van der Waals surface area contributed by atoms with Crippen LogP contribution in [0.1, 0.15) is 13.3 Å². The lowest BCUT2D eigenvalue weighted by atomic mass is 10.1. The van der Waals surface area contributed by atoms with Crippen LogP contribution in [-0.2, 0) is 14.8 Å². The van der Waals surface area contributed by atoms with E-state index in [4.69, 9.17) is 0 Å². The maximum Gasteiger partial charge on any atom is 0.248 e. The molecule has 0 fully saturated rings. The topological polar surface area (TPSA) is 66.5 Å². The van der Waals surface area contributed by atoms with E-state index in [2.05, 4.69) is 5.32 Å². The molecule has 0 aliphatic rings. The van der Waals surface area contributed by atoms with Gasteiger partial charge in [-0.2, -0.15) is 0 Å². The predicted molar refractivity (Wildman–Crippen MR) is 92.8 cm³/mol. The van der Waals surface area contributed by atoms with Crippen molar-refractivity contribution in [3.63, 3.8) is 0 Å². The van der Waals surface area contributed by atoms with Gasteiger partial charge in [0.2, 0.25) is 15.9 Å². The fraction of sp³-hybridized carbons (Fsp3) is 0.235. The van der Waals surface area contributed by atoms with Crippen LogP contribution in [0.15, 0.2) is 48.5 Å². The van der Waals surface area contributed by atoms with Crippen molar-refractivity contribution < 1.29 is 22.0 Å². The molecule has 25 heavy (non-hydrogen) atoms. The summed E-state index contributed by atoms with van der Waals surface area (Å²) in [7, 11) is -3.80. The van der Waals surface area contributed by atoms with Gasteiger partial charge in [-0.05, 0) is 55.0 Å². The zero-order valence-corrected chi connectivity index (χ0v) is 14.6. The Morgan fingerprint density at radius 2 is 1.52 bits per heavy atom. The second-order valence-corrected chi connectivity index (χ2v) is 7.31. The van der Waals surface area contributed by atoms with Gasteiger partial charge in [0, 0.05) is 5.69 Å². The molecule has 1 atom stereocenters. The number of carbonyl (C=O) groups is 1. The van der Waals surface area contributed by atoms with Crippen LogP contribution in [0.25, 0.3) is 0 Å². The maximum atomic E-state index is 13.1. The summed E-state index contributed by atoms with van der Waals surface area (Å²) in [4.78, 5) is 12.6. The molecule has 0 aliphatic carbocycles. The lowest BCUT2D eigenvalue weighted by Crippen LogP contribution is -2.47. The summed E-state index contributed by atoms with van der Waals surface area (Å²) in [5.41, 5.74) is 0.530. The summed E-state index contributed by atoms with van der Waals surface area (Å²) in [6.45, 7) is 1.66. The monoisotopic (exact) mass is 368 g/mol. The van der Waals surface area contributed by atoms with Gasteiger partial charge >= 0.3 is 0 Å². The number of halogens is 2. The summed E-state index contributed by atoms with van der Waals surface area (Å²) in [5.74, 6) is -1.53. The molecule has 2 aromatic rings. The van der Waals surface area contributed by atoms with Crippen LogP contribution in [0, 0.1) is 11.6 Å². The highest BCUT2D eigenvalue weighted by Crippen LogP contribution is 2.23. The first-order valence-corrected chi connectivity index (χ1v) is 9.38. The Labute approximate surface area is 145 Å². The molecular weight excluding hydrogens is 350 g/mol. The lowest BCUT2D eigenvalue weighted by Gasteiger charge is -2.30. The highest BCUT2D eigenvalue weighted by Gasteiger charge is 2.31. The SMILES string of the molecule is CCC(C(=O)Nc1ccc(F)cc1)N(c1ccc(F)cc1)S(C)(=O)=O. The van der Waals surface area contributed by atoms with Crippen LogP contribution in [0.5, 0.6) is 0 Å². The van der Waals surface area contributed by atoms with Gasteiger partial charge in [-0.3, -0.25) is 9.10 Å². The molecule has 134 valence electrons. The molecule has 0 aromatic heterocycles. The van der Waals surface area contributed by atoms with Gasteiger partial charge in [-0.1, -0.05) is 6.92 Å². The fourth-order valence-corrected chi connectivity index (χ4v) is 3.62. The molecule has 1 unspecified atom stereocenters. The van der Waals surface area contributed by atoms with Gasteiger partial charge in [-0.15, -0.1) is 0 Å². The average molecular weight is 368 g/mol. The van der Waals surface area contributed by atoms with Crippen molar-refractivity contribution in [2.24, 2.45) is 0 Å². The molecule has 2 aromatic carbocycles. The summed E-state index contributed by atoms with van der Waals surface area (Å²) < 4.78 is 51.5. The molecule has 1 amide bonds. The molecule has 0 saturated carbocycles. The lowest BCUT2D eigenvalue weighted by molar-refractivity contribution is -0.117. The number of carbonyl (C=O) groups excluding carboxylic acids is 1. The number of hydrogen-bond donors (Lipinski definition) is 1. The van der Waals surface area contributed by atoms with Crippen LogP contribution in [0.4, 0.5) is 20.2 Å². The van der Waals surface area contributed by atoms with E-state index in [1.165, 1.54) is 36.4 Å². The van der Waals surface area contributed by atoms with E-state index >= 15 is 0 Å². The number of benzene rings is 2. The highest BCUT2D eigenvalue weighted by atomic mass is 32.2. The minimum atomic E-state index is -3.80. The van der Waals surface area contributed by atoms with Crippen LogP contribution in [0.2, 0.25) is 0 Å². The van der Waals surface area contributed by atoms with E-state index < -0.39 is 33.6 Å². The van der Waals surface area contributed by atoms with Gasteiger partial charge in [0.05, 0.1) is 11.9 Å². The number of amides is 1. The quantitative estimate of drug-likeness (QED) is 0.852. The molecule has 8 heteroatoms. The van der Waals surface area contributed by atoms with Crippen molar-refractivity contribution in [1.82, 2.24) is 0 Å². The Morgan fingerprint density at radius 1 is 1.04 bits per heavy atom. The first-order chi connectivity index (χ1) is 11.7. The van der Waals surface area contributed by atoms with Crippen LogP contribution < -0.4 is 9.62 Å². The molecule has 5 nitrogen and oxygen atoms in total. The number of anilines is 2. The molecule has 2 rings (SSSR count). The third-order valence-electron chi connectivity index (χ3n) is 3.52. The Balaban J connectivity index is 2.34. The number of hydrogen-bond acceptors (Lipinski definition) is 3. The van der Waals surface area contributed by atoms with Crippen LogP contribution in [0.3, 0.4) is 0 Å². The van der Waals surface area contributed by atoms with Gasteiger partial charge in [0.1, 0.15) is 17.7 Å². The molecular formula is C17H18F2N2O3S. The van der Waals surface area contributed by atoms with Gasteiger partial charge in [0.25, 0.3) is 0 Å². The number of rotatable bonds is 6. The van der Waals surface area contributed by atoms with E-state index in [1.807, 2.05) is 0 Å². The van der Waals surface area contributed by atoms with Crippen LogP contribution in [-0.4, -0.2) is 26.6 Å². The Hall–Kier alpha value is -2.48. The first kappa shape index (κ1) is 18.9. The zero-order chi connectivity index (χ0) is 18.6. The van der Waals surface area contributed by atoms with Gasteiger partial charge in [0.15, 0.2) is 0 Å². The summed E-state index contributed by atoms with van der Waals surface area (Å²) in [6.07, 6.45) is 1.17. The molecule has 0 radical (unpaired) electrons. The minimum absolute atomic E-state index is 0.185. The second-order valence-electron chi connectivity index (χ2n) is 5.46. The van der Waals surface area contributed by atoms with E-state index in [1.54, 1.807) is 6.92 Å². The van der Waals surface area contributed by atoms with Crippen molar-refractivity contribution in [2.45, 2.75) is 19.4 Å². The third kappa shape index (κ3) is 4.76. The molecule has 0 bridgehead atoms. The second kappa shape index (κ2) is 7.60. The number of sulfonamides is 1. The summed E-state index contributed by atoms with van der Waals surface area (Å²) >= 11 is 0. The van der Waals surface area contributed by atoms with Crippen LogP contribution >= 0.6 is 0 Å². The van der Waals surface area contributed by atoms with Crippen molar-refractivity contribution >= 4 is 27.3 Å². The first-order valence-electron chi connectivity index (χ1n) is 7.53. The summed E-state index contributed by atoms with van der Waals surface area (Å²) in [6, 6.07) is 8.93. The normalized spacial score (nSPS) is 12.5. The zero-order valence-electron chi connectivity index (χ0n) is 13.7. The molecule has 0 heterocycles. The minimum Gasteiger partial charge on any atom is -0.324 e. The smallest absolute Gasteiger partial charge is 0.248 e. The fourth-order valence-electron chi connectivity index (χ4n) is 2.41. The van der Waals surface area contributed by atoms with E-state index in [-0.39, 0.29) is 12.1 Å². The standard InChI is InChI=1S/C17H18F2N2O3S/c1-3-16(17(22)20-14-8-4-12(18)5-9-14)21(25(2,23)24)15-10-6-13(19)7-11-15/h4-11,16H,3H2,1-2H3,(H,20,22). The third-order valence-corrected chi connectivity index (χ3v) is 4.70. The van der Waals surface area contributed by atoms with Gasteiger partial charge in [-0.25, -0.2) is 17.2 Å². The van der Waals surface area contributed by atoms with E-state index in [0.29, 0.717) is 5.69 Å². The largest absolute Gasteiger partial charge is 0.324 e. The van der Waals surface area contributed by atoms with Crippen molar-refractivity contribution in [1.29, 1.82) is 0 Å². The maximum absolute atomic E-state index is 13.1.